The molecule has 2 aromatic rings. The largest absolute Gasteiger partial charge is 0.326 e. The van der Waals surface area contributed by atoms with Gasteiger partial charge in [-0.2, -0.15) is 0 Å². The lowest BCUT2D eigenvalue weighted by Gasteiger charge is -2.30. The van der Waals surface area contributed by atoms with Gasteiger partial charge in [-0.3, -0.25) is 9.59 Å². The Morgan fingerprint density at radius 2 is 1.75 bits per heavy atom. The molecule has 0 saturated heterocycles. The van der Waals surface area contributed by atoms with E-state index in [1.54, 1.807) is 6.07 Å². The fourth-order valence-electron chi connectivity index (χ4n) is 4.35. The first-order valence-corrected chi connectivity index (χ1v) is 10.4. The summed E-state index contributed by atoms with van der Waals surface area (Å²) in [5.41, 5.74) is 4.07. The Labute approximate surface area is 170 Å². The van der Waals surface area contributed by atoms with Gasteiger partial charge >= 0.3 is 0 Å². The highest BCUT2D eigenvalue weighted by atomic mass is 35.5. The van der Waals surface area contributed by atoms with Gasteiger partial charge in [0, 0.05) is 34.8 Å². The minimum atomic E-state index is -0.0479. The summed E-state index contributed by atoms with van der Waals surface area (Å²) in [5.74, 6) is 0.216. The number of hydrogen-bond acceptors (Lipinski definition) is 2. The minimum absolute atomic E-state index is 0.0168. The van der Waals surface area contributed by atoms with E-state index in [0.717, 1.165) is 55.6 Å². The molecule has 4 rings (SSSR count). The Hall–Kier alpha value is -2.33. The van der Waals surface area contributed by atoms with Gasteiger partial charge in [0.15, 0.2) is 0 Å². The number of fused-ring (bicyclic) bond motifs is 1. The molecule has 1 aliphatic carbocycles. The number of rotatable bonds is 3. The minimum Gasteiger partial charge on any atom is -0.326 e. The Morgan fingerprint density at radius 1 is 1.04 bits per heavy atom. The summed E-state index contributed by atoms with van der Waals surface area (Å²) in [6.07, 6.45) is 3.96. The zero-order valence-electron chi connectivity index (χ0n) is 16.1. The van der Waals surface area contributed by atoms with Gasteiger partial charge in [-0.1, -0.05) is 35.9 Å². The fourth-order valence-corrected chi connectivity index (χ4v) is 4.53. The molecular weight excluding hydrogens is 372 g/mol. The number of benzene rings is 2. The van der Waals surface area contributed by atoms with Crippen molar-refractivity contribution in [3.63, 3.8) is 0 Å². The summed E-state index contributed by atoms with van der Waals surface area (Å²) in [6.45, 7) is 2.72. The average Bonchev–Trinajstić information content (AvgIpc) is 3.14. The van der Waals surface area contributed by atoms with Crippen LogP contribution in [0.1, 0.15) is 36.8 Å². The number of halogens is 1. The standard InChI is InChI=1S/C23H25ClN2O2/c1-15-6-11-19(24)14-20(15)25-22(27)17-7-9-18(10-8-17)23(28)26-13-12-16-4-2-3-5-21(16)26/h2-6,11,14,17-18H,7-10,12-13H2,1H3,(H,25,27). The van der Waals surface area contributed by atoms with E-state index in [2.05, 4.69) is 11.4 Å². The highest BCUT2D eigenvalue weighted by molar-refractivity contribution is 6.31. The van der Waals surface area contributed by atoms with Crippen LogP contribution in [0, 0.1) is 18.8 Å². The van der Waals surface area contributed by atoms with Crippen LogP contribution >= 0.6 is 11.6 Å². The van der Waals surface area contributed by atoms with E-state index in [9.17, 15) is 9.59 Å². The Bertz CT molecular complexity index is 903. The summed E-state index contributed by atoms with van der Waals surface area (Å²) in [5, 5.41) is 3.63. The highest BCUT2D eigenvalue weighted by Gasteiger charge is 2.34. The molecule has 0 aromatic heterocycles. The molecule has 1 saturated carbocycles. The first kappa shape index (κ1) is 19.0. The summed E-state index contributed by atoms with van der Waals surface area (Å²) in [6, 6.07) is 13.7. The van der Waals surface area contributed by atoms with Gasteiger partial charge in [0.1, 0.15) is 0 Å². The Balaban J connectivity index is 1.35. The highest BCUT2D eigenvalue weighted by Crippen LogP contribution is 2.35. The summed E-state index contributed by atoms with van der Waals surface area (Å²) < 4.78 is 0. The molecule has 28 heavy (non-hydrogen) atoms. The molecule has 1 heterocycles. The van der Waals surface area contributed by atoms with Crippen LogP contribution in [-0.2, 0) is 16.0 Å². The predicted molar refractivity (Wildman–Crippen MR) is 113 cm³/mol. The monoisotopic (exact) mass is 396 g/mol. The summed E-state index contributed by atoms with van der Waals surface area (Å²) in [7, 11) is 0. The molecule has 2 amide bonds. The molecule has 2 aromatic carbocycles. The van der Waals surface area contributed by atoms with E-state index in [4.69, 9.17) is 11.6 Å². The third-order valence-corrected chi connectivity index (χ3v) is 6.29. The van der Waals surface area contributed by atoms with Gasteiger partial charge in [-0.25, -0.2) is 0 Å². The van der Waals surface area contributed by atoms with Crippen molar-refractivity contribution in [3.05, 3.63) is 58.6 Å². The van der Waals surface area contributed by atoms with Crippen molar-refractivity contribution in [2.45, 2.75) is 39.0 Å². The lowest BCUT2D eigenvalue weighted by atomic mass is 9.81. The van der Waals surface area contributed by atoms with Gasteiger partial charge in [0.2, 0.25) is 11.8 Å². The normalized spacial score (nSPS) is 21.3. The molecule has 0 radical (unpaired) electrons. The van der Waals surface area contributed by atoms with Crippen LogP contribution in [-0.4, -0.2) is 18.4 Å². The topological polar surface area (TPSA) is 49.4 Å². The molecule has 2 aliphatic rings. The molecule has 146 valence electrons. The number of amides is 2. The maximum Gasteiger partial charge on any atom is 0.230 e. The zero-order valence-corrected chi connectivity index (χ0v) is 16.8. The van der Waals surface area contributed by atoms with E-state index < -0.39 is 0 Å². The first-order chi connectivity index (χ1) is 13.5. The van der Waals surface area contributed by atoms with E-state index in [1.807, 2.05) is 42.2 Å². The van der Waals surface area contributed by atoms with Crippen LogP contribution in [0.25, 0.3) is 0 Å². The molecule has 0 unspecified atom stereocenters. The van der Waals surface area contributed by atoms with Crippen LogP contribution in [0.15, 0.2) is 42.5 Å². The molecular formula is C23H25ClN2O2. The van der Waals surface area contributed by atoms with Crippen molar-refractivity contribution in [2.75, 3.05) is 16.8 Å². The summed E-state index contributed by atoms with van der Waals surface area (Å²) >= 11 is 6.04. The third kappa shape index (κ3) is 3.79. The number of carbonyl (C=O) groups is 2. The first-order valence-electron chi connectivity index (χ1n) is 9.99. The zero-order chi connectivity index (χ0) is 19.7. The van der Waals surface area contributed by atoms with Gasteiger partial charge in [-0.15, -0.1) is 0 Å². The molecule has 0 bridgehead atoms. The quantitative estimate of drug-likeness (QED) is 0.795. The SMILES string of the molecule is Cc1ccc(Cl)cc1NC(=O)C1CCC(C(=O)N2CCc3ccccc32)CC1. The number of hydrogen-bond donors (Lipinski definition) is 1. The molecule has 1 N–H and O–H groups in total. The van der Waals surface area contributed by atoms with Crippen molar-refractivity contribution < 1.29 is 9.59 Å². The average molecular weight is 397 g/mol. The smallest absolute Gasteiger partial charge is 0.230 e. The molecule has 0 atom stereocenters. The predicted octanol–water partition coefficient (Wildman–Crippen LogP) is 4.98. The van der Waals surface area contributed by atoms with Crippen molar-refractivity contribution >= 4 is 34.8 Å². The van der Waals surface area contributed by atoms with Gasteiger partial charge in [0.05, 0.1) is 0 Å². The molecule has 0 spiro atoms. The number of carbonyl (C=O) groups excluding carboxylic acids is 2. The van der Waals surface area contributed by atoms with Crippen LogP contribution in [0.2, 0.25) is 5.02 Å². The maximum absolute atomic E-state index is 13.0. The van der Waals surface area contributed by atoms with E-state index in [0.29, 0.717) is 5.02 Å². The van der Waals surface area contributed by atoms with Crippen LogP contribution in [0.5, 0.6) is 0 Å². The molecule has 5 heteroatoms. The fraction of sp³-hybridized carbons (Fsp3) is 0.391. The lowest BCUT2D eigenvalue weighted by molar-refractivity contribution is -0.126. The van der Waals surface area contributed by atoms with Crippen LogP contribution in [0.4, 0.5) is 11.4 Å². The third-order valence-electron chi connectivity index (χ3n) is 6.06. The van der Waals surface area contributed by atoms with E-state index in [-0.39, 0.29) is 23.7 Å². The van der Waals surface area contributed by atoms with Crippen molar-refractivity contribution in [2.24, 2.45) is 11.8 Å². The van der Waals surface area contributed by atoms with Crippen molar-refractivity contribution in [1.29, 1.82) is 0 Å². The van der Waals surface area contributed by atoms with Crippen LogP contribution < -0.4 is 10.2 Å². The van der Waals surface area contributed by atoms with Crippen molar-refractivity contribution in [1.82, 2.24) is 0 Å². The molecule has 4 nitrogen and oxygen atoms in total. The Kier molecular flexibility index (Phi) is 5.40. The Morgan fingerprint density at radius 3 is 2.54 bits per heavy atom. The molecule has 1 fully saturated rings. The molecule has 1 aliphatic heterocycles. The van der Waals surface area contributed by atoms with Crippen molar-refractivity contribution in [3.8, 4) is 0 Å². The number of anilines is 2. The van der Waals surface area contributed by atoms with Gasteiger partial charge in [0.25, 0.3) is 0 Å². The number of para-hydroxylation sites is 1. The second-order valence-electron chi connectivity index (χ2n) is 7.87. The maximum atomic E-state index is 13.0. The van der Waals surface area contributed by atoms with Gasteiger partial charge < -0.3 is 10.2 Å². The lowest BCUT2D eigenvalue weighted by Crippen LogP contribution is -2.38. The van der Waals surface area contributed by atoms with Gasteiger partial charge in [-0.05, 0) is 68.4 Å². The number of nitrogens with one attached hydrogen (secondary N) is 1. The number of aryl methyl sites for hydroxylation is 1. The summed E-state index contributed by atoms with van der Waals surface area (Å²) in [4.78, 5) is 27.6. The second-order valence-corrected chi connectivity index (χ2v) is 8.30. The number of nitrogens with zero attached hydrogens (tertiary/aromatic N) is 1. The second kappa shape index (κ2) is 7.96. The van der Waals surface area contributed by atoms with E-state index >= 15 is 0 Å². The van der Waals surface area contributed by atoms with E-state index in [1.165, 1.54) is 5.56 Å². The van der Waals surface area contributed by atoms with Crippen LogP contribution in [0.3, 0.4) is 0 Å².